The zero-order chi connectivity index (χ0) is 20.5. The normalized spacial score (nSPS) is 10.2. The third-order valence-corrected chi connectivity index (χ3v) is 4.49. The van der Waals surface area contributed by atoms with Gasteiger partial charge in [0.2, 0.25) is 0 Å². The van der Waals surface area contributed by atoms with E-state index in [0.29, 0.717) is 29.1 Å². The molecule has 0 aromatic heterocycles. The van der Waals surface area contributed by atoms with Crippen molar-refractivity contribution >= 4 is 17.5 Å². The Kier molecular flexibility index (Phi) is 7.00. The maximum Gasteiger partial charge on any atom is 0.255 e. The van der Waals surface area contributed by atoms with Gasteiger partial charge in [-0.25, -0.2) is 0 Å². The Labute approximate surface area is 170 Å². The van der Waals surface area contributed by atoms with Crippen molar-refractivity contribution < 1.29 is 14.3 Å². The van der Waals surface area contributed by atoms with E-state index in [-0.39, 0.29) is 11.8 Å². The van der Waals surface area contributed by atoms with Crippen LogP contribution >= 0.6 is 0 Å². The molecule has 0 saturated heterocycles. The van der Waals surface area contributed by atoms with Gasteiger partial charge in [-0.2, -0.15) is 0 Å². The van der Waals surface area contributed by atoms with Crippen molar-refractivity contribution in [3.63, 3.8) is 0 Å². The molecule has 0 radical (unpaired) electrons. The van der Waals surface area contributed by atoms with Gasteiger partial charge in [-0.15, -0.1) is 0 Å². The molecule has 0 heterocycles. The number of ether oxygens (including phenoxy) is 1. The largest absolute Gasteiger partial charge is 0.497 e. The third-order valence-electron chi connectivity index (χ3n) is 4.49. The highest BCUT2D eigenvalue weighted by molar-refractivity contribution is 6.06. The highest BCUT2D eigenvalue weighted by atomic mass is 16.5. The molecule has 0 aliphatic carbocycles. The van der Waals surface area contributed by atoms with Crippen LogP contribution in [0.4, 0.5) is 5.69 Å². The summed E-state index contributed by atoms with van der Waals surface area (Å²) < 4.78 is 5.16. The number of aryl methyl sites for hydroxylation is 1. The van der Waals surface area contributed by atoms with Gasteiger partial charge in [0.05, 0.1) is 7.11 Å². The van der Waals surface area contributed by atoms with E-state index in [1.54, 1.807) is 55.6 Å². The first-order valence-corrected chi connectivity index (χ1v) is 9.53. The predicted molar refractivity (Wildman–Crippen MR) is 114 cm³/mol. The summed E-state index contributed by atoms with van der Waals surface area (Å²) in [6.45, 7) is 0.577. The number of nitrogens with one attached hydrogen (secondary N) is 2. The van der Waals surface area contributed by atoms with Crippen LogP contribution < -0.4 is 15.4 Å². The minimum Gasteiger partial charge on any atom is -0.497 e. The number of hydrogen-bond acceptors (Lipinski definition) is 3. The SMILES string of the molecule is COc1cccc(NC(=O)c2cccc(C(=O)NCCCc3ccccc3)c2)c1. The summed E-state index contributed by atoms with van der Waals surface area (Å²) in [5, 5.41) is 5.73. The fourth-order valence-electron chi connectivity index (χ4n) is 2.95. The van der Waals surface area contributed by atoms with E-state index >= 15 is 0 Å². The van der Waals surface area contributed by atoms with Crippen molar-refractivity contribution in [1.82, 2.24) is 5.32 Å². The Morgan fingerprint density at radius 2 is 1.55 bits per heavy atom. The topological polar surface area (TPSA) is 67.4 Å². The van der Waals surface area contributed by atoms with E-state index in [1.165, 1.54) is 5.56 Å². The summed E-state index contributed by atoms with van der Waals surface area (Å²) in [7, 11) is 1.57. The minimum atomic E-state index is -0.281. The molecule has 0 atom stereocenters. The Morgan fingerprint density at radius 1 is 0.828 bits per heavy atom. The molecule has 0 bridgehead atoms. The number of anilines is 1. The molecule has 5 nitrogen and oxygen atoms in total. The van der Waals surface area contributed by atoms with Gasteiger partial charge in [-0.1, -0.05) is 42.5 Å². The van der Waals surface area contributed by atoms with Crippen molar-refractivity contribution in [1.29, 1.82) is 0 Å². The Bertz CT molecular complexity index is 971. The zero-order valence-corrected chi connectivity index (χ0v) is 16.4. The number of rotatable bonds is 8. The van der Waals surface area contributed by atoms with Crippen molar-refractivity contribution in [3.05, 3.63) is 95.6 Å². The lowest BCUT2D eigenvalue weighted by atomic mass is 10.1. The molecule has 3 rings (SSSR count). The first kappa shape index (κ1) is 20.1. The van der Waals surface area contributed by atoms with Gasteiger partial charge >= 0.3 is 0 Å². The average molecular weight is 388 g/mol. The summed E-state index contributed by atoms with van der Waals surface area (Å²) in [4.78, 5) is 24.9. The lowest BCUT2D eigenvalue weighted by molar-refractivity contribution is 0.0953. The third kappa shape index (κ3) is 5.94. The smallest absolute Gasteiger partial charge is 0.255 e. The van der Waals surface area contributed by atoms with Crippen LogP contribution in [0.25, 0.3) is 0 Å². The fraction of sp³-hybridized carbons (Fsp3) is 0.167. The molecule has 0 aliphatic heterocycles. The summed E-state index contributed by atoms with van der Waals surface area (Å²) >= 11 is 0. The second-order valence-corrected chi connectivity index (χ2v) is 6.61. The fourth-order valence-corrected chi connectivity index (χ4v) is 2.95. The number of methoxy groups -OCH3 is 1. The maximum absolute atomic E-state index is 12.5. The quantitative estimate of drug-likeness (QED) is 0.565. The molecular formula is C24H24N2O3. The van der Waals surface area contributed by atoms with Crippen LogP contribution in [0.15, 0.2) is 78.9 Å². The first-order chi connectivity index (χ1) is 14.2. The minimum absolute atomic E-state index is 0.186. The molecule has 2 amide bonds. The monoisotopic (exact) mass is 388 g/mol. The van der Waals surface area contributed by atoms with E-state index in [2.05, 4.69) is 22.8 Å². The number of carbonyl (C=O) groups excluding carboxylic acids is 2. The standard InChI is InChI=1S/C24H24N2O3/c1-29-22-14-6-13-21(17-22)26-24(28)20-12-5-11-19(16-20)23(27)25-15-7-10-18-8-3-2-4-9-18/h2-6,8-9,11-14,16-17H,7,10,15H2,1H3,(H,25,27)(H,26,28). The Morgan fingerprint density at radius 3 is 2.31 bits per heavy atom. The van der Waals surface area contributed by atoms with Gasteiger partial charge in [0.25, 0.3) is 11.8 Å². The molecule has 0 fully saturated rings. The van der Waals surface area contributed by atoms with Gasteiger partial charge in [-0.3, -0.25) is 9.59 Å². The van der Waals surface area contributed by atoms with Crippen LogP contribution in [-0.2, 0) is 6.42 Å². The van der Waals surface area contributed by atoms with Gasteiger partial charge < -0.3 is 15.4 Å². The lowest BCUT2D eigenvalue weighted by Crippen LogP contribution is -2.25. The summed E-state index contributed by atoms with van der Waals surface area (Å²) in [5.41, 5.74) is 2.76. The molecule has 0 spiro atoms. The zero-order valence-electron chi connectivity index (χ0n) is 16.4. The second-order valence-electron chi connectivity index (χ2n) is 6.61. The summed E-state index contributed by atoms with van der Waals surface area (Å²) in [5.74, 6) is 0.192. The van der Waals surface area contributed by atoms with Crippen molar-refractivity contribution in [2.24, 2.45) is 0 Å². The van der Waals surface area contributed by atoms with Crippen LogP contribution in [0.1, 0.15) is 32.7 Å². The van der Waals surface area contributed by atoms with Crippen molar-refractivity contribution in [2.75, 3.05) is 19.0 Å². The Hall–Kier alpha value is -3.60. The lowest BCUT2D eigenvalue weighted by Gasteiger charge is -2.09. The number of amides is 2. The maximum atomic E-state index is 12.5. The van der Waals surface area contributed by atoms with Crippen LogP contribution in [0.2, 0.25) is 0 Å². The molecule has 3 aromatic carbocycles. The van der Waals surface area contributed by atoms with Crippen molar-refractivity contribution in [3.8, 4) is 5.75 Å². The summed E-state index contributed by atoms with van der Waals surface area (Å²) in [6, 6.07) is 24.0. The number of carbonyl (C=O) groups is 2. The molecule has 3 aromatic rings. The summed E-state index contributed by atoms with van der Waals surface area (Å²) in [6.07, 6.45) is 1.76. The van der Waals surface area contributed by atoms with E-state index < -0.39 is 0 Å². The van der Waals surface area contributed by atoms with E-state index in [0.717, 1.165) is 12.8 Å². The van der Waals surface area contributed by atoms with Crippen LogP contribution in [0, 0.1) is 0 Å². The molecule has 2 N–H and O–H groups in total. The number of hydrogen-bond donors (Lipinski definition) is 2. The predicted octanol–water partition coefficient (Wildman–Crippen LogP) is 4.31. The highest BCUT2D eigenvalue weighted by Crippen LogP contribution is 2.18. The van der Waals surface area contributed by atoms with Crippen LogP contribution in [0.3, 0.4) is 0 Å². The first-order valence-electron chi connectivity index (χ1n) is 9.53. The average Bonchev–Trinajstić information content (AvgIpc) is 2.77. The van der Waals surface area contributed by atoms with Crippen LogP contribution in [0.5, 0.6) is 5.75 Å². The van der Waals surface area contributed by atoms with E-state index in [4.69, 9.17) is 4.74 Å². The highest BCUT2D eigenvalue weighted by Gasteiger charge is 2.11. The molecule has 0 saturated carbocycles. The second kappa shape index (κ2) is 10.1. The Balaban J connectivity index is 1.55. The van der Waals surface area contributed by atoms with E-state index in [9.17, 15) is 9.59 Å². The van der Waals surface area contributed by atoms with E-state index in [1.807, 2.05) is 18.2 Å². The van der Waals surface area contributed by atoms with Crippen molar-refractivity contribution in [2.45, 2.75) is 12.8 Å². The molecular weight excluding hydrogens is 364 g/mol. The van der Waals surface area contributed by atoms with Crippen LogP contribution in [-0.4, -0.2) is 25.5 Å². The molecule has 0 unspecified atom stereocenters. The molecule has 29 heavy (non-hydrogen) atoms. The van der Waals surface area contributed by atoms with Gasteiger partial charge in [-0.05, 0) is 48.7 Å². The van der Waals surface area contributed by atoms with Gasteiger partial charge in [0, 0.05) is 29.4 Å². The molecule has 0 aliphatic rings. The van der Waals surface area contributed by atoms with Gasteiger partial charge in [0.1, 0.15) is 5.75 Å². The molecule has 148 valence electrons. The number of benzene rings is 3. The molecule has 5 heteroatoms. The van der Waals surface area contributed by atoms with Gasteiger partial charge in [0.15, 0.2) is 0 Å².